The molecule has 3 aromatic rings. The molecule has 142 valence electrons. The summed E-state index contributed by atoms with van der Waals surface area (Å²) in [6, 6.07) is 11.4. The first-order chi connectivity index (χ1) is 13.3. The number of urea groups is 1. The maximum atomic E-state index is 12.9. The third-order valence-corrected chi connectivity index (χ3v) is 4.94. The maximum Gasteiger partial charge on any atom is 0.332 e. The smallest absolute Gasteiger partial charge is 0.282 e. The summed E-state index contributed by atoms with van der Waals surface area (Å²) >= 11 is 0. The van der Waals surface area contributed by atoms with E-state index in [0.717, 1.165) is 16.0 Å². The molecule has 4 rings (SSSR count). The normalized spacial score (nSPS) is 17.0. The van der Waals surface area contributed by atoms with Crippen molar-refractivity contribution in [3.8, 4) is 0 Å². The molecule has 1 aliphatic heterocycles. The number of amides is 3. The fourth-order valence-electron chi connectivity index (χ4n) is 3.41. The van der Waals surface area contributed by atoms with E-state index in [-0.39, 0.29) is 18.0 Å². The minimum Gasteiger partial charge on any atom is -0.282 e. The van der Waals surface area contributed by atoms with Gasteiger partial charge in [0.25, 0.3) is 11.5 Å². The highest BCUT2D eigenvalue weighted by molar-refractivity contribution is 6.13. The number of aromatic nitrogens is 2. The summed E-state index contributed by atoms with van der Waals surface area (Å²) in [5, 5.41) is 0. The molecule has 0 saturated carbocycles. The van der Waals surface area contributed by atoms with Gasteiger partial charge in [0, 0.05) is 18.0 Å². The first-order valence-electron chi connectivity index (χ1n) is 9.05. The van der Waals surface area contributed by atoms with Crippen molar-refractivity contribution in [3.05, 3.63) is 75.8 Å². The highest BCUT2D eigenvalue weighted by Crippen LogP contribution is 2.27. The first kappa shape index (κ1) is 17.9. The van der Waals surface area contributed by atoms with E-state index < -0.39 is 12.1 Å². The number of nitrogens with zero attached hydrogens (tertiary/aromatic N) is 4. The Morgan fingerprint density at radius 3 is 2.36 bits per heavy atom. The molecule has 3 amide bonds. The summed E-state index contributed by atoms with van der Waals surface area (Å²) in [4.78, 5) is 45.1. The van der Waals surface area contributed by atoms with E-state index in [0.29, 0.717) is 17.0 Å². The molecule has 1 aromatic carbocycles. The van der Waals surface area contributed by atoms with E-state index >= 15 is 0 Å². The Labute approximate surface area is 161 Å². The molecule has 1 saturated heterocycles. The van der Waals surface area contributed by atoms with E-state index in [4.69, 9.17) is 0 Å². The van der Waals surface area contributed by atoms with Crippen LogP contribution in [0.1, 0.15) is 23.7 Å². The van der Waals surface area contributed by atoms with Gasteiger partial charge in [0.1, 0.15) is 11.7 Å². The van der Waals surface area contributed by atoms with Crippen LogP contribution in [0.5, 0.6) is 0 Å². The highest BCUT2D eigenvalue weighted by Gasteiger charge is 2.43. The van der Waals surface area contributed by atoms with Crippen molar-refractivity contribution in [3.63, 3.8) is 0 Å². The van der Waals surface area contributed by atoms with Gasteiger partial charge in [-0.3, -0.25) is 23.8 Å². The summed E-state index contributed by atoms with van der Waals surface area (Å²) in [6.07, 6.45) is 1.71. The Balaban J connectivity index is 1.66. The van der Waals surface area contributed by atoms with E-state index in [1.54, 1.807) is 19.2 Å². The summed E-state index contributed by atoms with van der Waals surface area (Å²) in [6.45, 7) is 5.51. The van der Waals surface area contributed by atoms with Crippen LogP contribution in [-0.2, 0) is 11.3 Å². The number of pyridine rings is 1. The molecule has 0 unspecified atom stereocenters. The zero-order chi connectivity index (χ0) is 20.0. The number of carbonyl (C=O) groups excluding carboxylic acids is 2. The van der Waals surface area contributed by atoms with Crippen molar-refractivity contribution in [1.82, 2.24) is 14.3 Å². The van der Waals surface area contributed by atoms with Crippen LogP contribution in [0.25, 0.3) is 5.65 Å². The number of rotatable bonds is 3. The number of anilines is 1. The average molecular weight is 376 g/mol. The molecule has 7 nitrogen and oxygen atoms in total. The third-order valence-electron chi connectivity index (χ3n) is 4.94. The molecule has 1 fully saturated rings. The lowest BCUT2D eigenvalue weighted by Crippen LogP contribution is -2.34. The van der Waals surface area contributed by atoms with Crippen LogP contribution in [0.2, 0.25) is 0 Å². The van der Waals surface area contributed by atoms with Crippen molar-refractivity contribution < 1.29 is 9.59 Å². The Morgan fingerprint density at radius 2 is 1.64 bits per heavy atom. The van der Waals surface area contributed by atoms with Gasteiger partial charge in [0.05, 0.1) is 12.2 Å². The minimum atomic E-state index is -0.612. The topological polar surface area (TPSA) is 75.0 Å². The lowest BCUT2D eigenvalue weighted by atomic mass is 10.2. The third kappa shape index (κ3) is 2.94. The van der Waals surface area contributed by atoms with Gasteiger partial charge in [-0.15, -0.1) is 0 Å². The number of hydrogen-bond acceptors (Lipinski definition) is 4. The predicted octanol–water partition coefficient (Wildman–Crippen LogP) is 2.67. The number of carbonyl (C=O) groups is 2. The average Bonchev–Trinajstić information content (AvgIpc) is 2.87. The van der Waals surface area contributed by atoms with Gasteiger partial charge >= 0.3 is 6.03 Å². The second-order valence-electron chi connectivity index (χ2n) is 7.11. The molecular formula is C21H20N4O3. The SMILES string of the molecule is Cc1ccc(N2C(=O)N(Cc3cc(=O)n4cc(C)ccc4n3)C(=O)[C@H]2C)cc1. The second kappa shape index (κ2) is 6.60. The van der Waals surface area contributed by atoms with Gasteiger partial charge in [-0.25, -0.2) is 9.78 Å². The van der Waals surface area contributed by atoms with E-state index in [1.165, 1.54) is 15.4 Å². The van der Waals surface area contributed by atoms with Crippen LogP contribution in [0.4, 0.5) is 10.5 Å². The summed E-state index contributed by atoms with van der Waals surface area (Å²) in [7, 11) is 0. The molecule has 7 heteroatoms. The van der Waals surface area contributed by atoms with Crippen molar-refractivity contribution >= 4 is 23.3 Å². The number of hydrogen-bond donors (Lipinski definition) is 0. The Bertz CT molecular complexity index is 1150. The number of aryl methyl sites for hydroxylation is 2. The van der Waals surface area contributed by atoms with Crippen LogP contribution in [0.15, 0.2) is 53.5 Å². The molecule has 1 atom stereocenters. The molecule has 0 N–H and O–H groups in total. The van der Waals surface area contributed by atoms with Gasteiger partial charge in [0.15, 0.2) is 0 Å². The molecule has 0 spiro atoms. The lowest BCUT2D eigenvalue weighted by molar-refractivity contribution is -0.127. The Morgan fingerprint density at radius 1 is 0.964 bits per heavy atom. The number of fused-ring (bicyclic) bond motifs is 1. The van der Waals surface area contributed by atoms with E-state index in [9.17, 15) is 14.4 Å². The van der Waals surface area contributed by atoms with Gasteiger partial charge in [-0.2, -0.15) is 0 Å². The van der Waals surface area contributed by atoms with Crippen LogP contribution >= 0.6 is 0 Å². The molecule has 3 heterocycles. The van der Waals surface area contributed by atoms with Gasteiger partial charge in [-0.05, 0) is 44.5 Å². The van der Waals surface area contributed by atoms with E-state index in [1.807, 2.05) is 44.2 Å². The predicted molar refractivity (Wildman–Crippen MR) is 105 cm³/mol. The highest BCUT2D eigenvalue weighted by atomic mass is 16.2. The minimum absolute atomic E-state index is 0.0377. The molecule has 0 aliphatic carbocycles. The summed E-state index contributed by atoms with van der Waals surface area (Å²) in [5.41, 5.74) is 3.30. The van der Waals surface area contributed by atoms with Gasteiger partial charge in [-0.1, -0.05) is 23.8 Å². The quantitative estimate of drug-likeness (QED) is 0.659. The molecular weight excluding hydrogens is 356 g/mol. The fraction of sp³-hybridized carbons (Fsp3) is 0.238. The lowest BCUT2D eigenvalue weighted by Gasteiger charge is -2.19. The Kier molecular flexibility index (Phi) is 4.22. The van der Waals surface area contributed by atoms with Crippen molar-refractivity contribution in [2.24, 2.45) is 0 Å². The van der Waals surface area contributed by atoms with Crippen LogP contribution < -0.4 is 10.5 Å². The molecule has 2 aromatic heterocycles. The van der Waals surface area contributed by atoms with Crippen LogP contribution in [-0.4, -0.2) is 32.3 Å². The molecule has 0 radical (unpaired) electrons. The molecule has 0 bridgehead atoms. The molecule has 1 aliphatic rings. The molecule has 28 heavy (non-hydrogen) atoms. The first-order valence-corrected chi connectivity index (χ1v) is 9.05. The summed E-state index contributed by atoms with van der Waals surface area (Å²) < 4.78 is 1.45. The largest absolute Gasteiger partial charge is 0.332 e. The Hall–Kier alpha value is -3.48. The van der Waals surface area contributed by atoms with Gasteiger partial charge < -0.3 is 0 Å². The monoisotopic (exact) mass is 376 g/mol. The van der Waals surface area contributed by atoms with E-state index in [2.05, 4.69) is 4.98 Å². The standard InChI is InChI=1S/C21H20N4O3/c1-13-4-7-17(8-5-13)25-15(3)20(27)24(21(25)28)12-16-10-19(26)23-11-14(2)6-9-18(23)22-16/h4-11,15H,12H2,1-3H3/t15-/m1/s1. The van der Waals surface area contributed by atoms with Crippen molar-refractivity contribution in [2.45, 2.75) is 33.4 Å². The van der Waals surface area contributed by atoms with Crippen LogP contribution in [0, 0.1) is 13.8 Å². The number of benzene rings is 1. The second-order valence-corrected chi connectivity index (χ2v) is 7.11. The number of imide groups is 1. The maximum absolute atomic E-state index is 12.9. The van der Waals surface area contributed by atoms with Crippen molar-refractivity contribution in [1.29, 1.82) is 0 Å². The van der Waals surface area contributed by atoms with Gasteiger partial charge in [0.2, 0.25) is 0 Å². The zero-order valence-electron chi connectivity index (χ0n) is 15.9. The summed E-state index contributed by atoms with van der Waals surface area (Å²) in [5.74, 6) is -0.309. The van der Waals surface area contributed by atoms with Crippen LogP contribution in [0.3, 0.4) is 0 Å². The zero-order valence-corrected chi connectivity index (χ0v) is 15.9. The van der Waals surface area contributed by atoms with Crippen molar-refractivity contribution in [2.75, 3.05) is 4.90 Å². The fourth-order valence-corrected chi connectivity index (χ4v) is 3.41.